The molecular formula is C16H22N2O. The smallest absolute Gasteiger partial charge is 0.254 e. The molecule has 1 N–H and O–H groups in total. The maximum atomic E-state index is 12.8. The van der Waals surface area contributed by atoms with Gasteiger partial charge in [-0.25, -0.2) is 0 Å². The van der Waals surface area contributed by atoms with E-state index in [1.807, 2.05) is 12.1 Å². The van der Waals surface area contributed by atoms with E-state index >= 15 is 0 Å². The molecule has 3 nitrogen and oxygen atoms in total. The molecule has 2 heterocycles. The molecule has 0 aliphatic carbocycles. The molecule has 2 unspecified atom stereocenters. The minimum atomic E-state index is 0.225. The molecule has 2 aliphatic heterocycles. The predicted octanol–water partition coefficient (Wildman–Crippen LogP) is 2.27. The summed E-state index contributed by atoms with van der Waals surface area (Å²) in [6.07, 6.45) is 3.41. The molecular weight excluding hydrogens is 236 g/mol. The number of rotatable bonds is 1. The van der Waals surface area contributed by atoms with E-state index < -0.39 is 0 Å². The highest BCUT2D eigenvalue weighted by molar-refractivity contribution is 5.95. The van der Waals surface area contributed by atoms with Crippen molar-refractivity contribution in [3.05, 3.63) is 34.9 Å². The quantitative estimate of drug-likeness (QED) is 0.838. The Labute approximate surface area is 115 Å². The zero-order valence-corrected chi connectivity index (χ0v) is 11.8. The van der Waals surface area contributed by atoms with Crippen molar-refractivity contribution >= 4 is 5.91 Å². The lowest BCUT2D eigenvalue weighted by Gasteiger charge is -2.28. The molecule has 1 amide bonds. The van der Waals surface area contributed by atoms with Crippen molar-refractivity contribution in [1.29, 1.82) is 0 Å². The Morgan fingerprint density at radius 1 is 1.11 bits per heavy atom. The third-order valence-electron chi connectivity index (χ3n) is 4.36. The summed E-state index contributed by atoms with van der Waals surface area (Å²) in [5.74, 6) is 0.225. The third kappa shape index (κ3) is 2.39. The number of amides is 1. The summed E-state index contributed by atoms with van der Waals surface area (Å²) in [5.41, 5.74) is 3.20. The topological polar surface area (TPSA) is 32.3 Å². The molecule has 2 saturated heterocycles. The molecule has 2 aliphatic rings. The first kappa shape index (κ1) is 12.7. The van der Waals surface area contributed by atoms with Gasteiger partial charge in [-0.3, -0.25) is 4.79 Å². The Morgan fingerprint density at radius 2 is 1.79 bits per heavy atom. The van der Waals surface area contributed by atoms with Crippen molar-refractivity contribution in [1.82, 2.24) is 10.2 Å². The average molecular weight is 258 g/mol. The van der Waals surface area contributed by atoms with E-state index in [0.717, 1.165) is 31.5 Å². The van der Waals surface area contributed by atoms with Gasteiger partial charge in [0.05, 0.1) is 0 Å². The molecule has 2 bridgehead atoms. The van der Waals surface area contributed by atoms with Gasteiger partial charge in [0.1, 0.15) is 0 Å². The van der Waals surface area contributed by atoms with Crippen LogP contribution in [-0.2, 0) is 0 Å². The number of carbonyl (C=O) groups excluding carboxylic acids is 1. The number of fused-ring (bicyclic) bond motifs is 2. The van der Waals surface area contributed by atoms with Crippen LogP contribution in [0.4, 0.5) is 0 Å². The van der Waals surface area contributed by atoms with E-state index in [1.54, 1.807) is 0 Å². The average Bonchev–Trinajstić information content (AvgIpc) is 2.60. The Hall–Kier alpha value is -1.35. The fourth-order valence-corrected chi connectivity index (χ4v) is 3.56. The predicted molar refractivity (Wildman–Crippen MR) is 76.4 cm³/mol. The fourth-order valence-electron chi connectivity index (χ4n) is 3.56. The first-order valence-electron chi connectivity index (χ1n) is 7.27. The number of hydrogen-bond donors (Lipinski definition) is 1. The standard InChI is InChI=1S/C16H22N2O/c1-11-7-12(2)9-13(8-11)16(19)18-14-3-4-15(18)10-17-6-5-14/h7-9,14-15,17H,3-6,10H2,1-2H3. The maximum absolute atomic E-state index is 12.8. The van der Waals surface area contributed by atoms with E-state index in [1.165, 1.54) is 17.5 Å². The van der Waals surface area contributed by atoms with Crippen LogP contribution in [0.1, 0.15) is 40.7 Å². The summed E-state index contributed by atoms with van der Waals surface area (Å²) < 4.78 is 0. The number of carbonyl (C=O) groups is 1. The Balaban J connectivity index is 1.90. The van der Waals surface area contributed by atoms with E-state index in [4.69, 9.17) is 0 Å². The van der Waals surface area contributed by atoms with Crippen molar-refractivity contribution in [2.75, 3.05) is 13.1 Å². The minimum absolute atomic E-state index is 0.225. The molecule has 2 atom stereocenters. The van der Waals surface area contributed by atoms with Crippen LogP contribution in [0.15, 0.2) is 18.2 Å². The van der Waals surface area contributed by atoms with Crippen LogP contribution in [0.3, 0.4) is 0 Å². The largest absolute Gasteiger partial charge is 0.331 e. The highest BCUT2D eigenvalue weighted by Crippen LogP contribution is 2.29. The molecule has 102 valence electrons. The summed E-state index contributed by atoms with van der Waals surface area (Å²) in [5, 5.41) is 3.44. The van der Waals surface area contributed by atoms with Gasteiger partial charge in [0.2, 0.25) is 0 Å². The zero-order chi connectivity index (χ0) is 13.4. The molecule has 3 rings (SSSR count). The van der Waals surface area contributed by atoms with Crippen molar-refractivity contribution in [2.45, 2.75) is 45.2 Å². The van der Waals surface area contributed by atoms with Crippen molar-refractivity contribution in [3.8, 4) is 0 Å². The lowest BCUT2D eigenvalue weighted by Crippen LogP contribution is -2.42. The van der Waals surface area contributed by atoms with Crippen LogP contribution in [-0.4, -0.2) is 36.0 Å². The van der Waals surface area contributed by atoms with E-state index in [9.17, 15) is 4.79 Å². The molecule has 0 aromatic heterocycles. The molecule has 19 heavy (non-hydrogen) atoms. The second-order valence-corrected chi connectivity index (χ2v) is 5.97. The Morgan fingerprint density at radius 3 is 2.53 bits per heavy atom. The van der Waals surface area contributed by atoms with E-state index in [2.05, 4.69) is 30.1 Å². The fraction of sp³-hybridized carbons (Fsp3) is 0.562. The van der Waals surface area contributed by atoms with Gasteiger partial charge >= 0.3 is 0 Å². The van der Waals surface area contributed by atoms with Crippen LogP contribution in [0.2, 0.25) is 0 Å². The second kappa shape index (κ2) is 4.97. The van der Waals surface area contributed by atoms with Gasteiger partial charge in [-0.2, -0.15) is 0 Å². The molecule has 2 fully saturated rings. The SMILES string of the molecule is Cc1cc(C)cc(C(=O)N2C3CCNCC2CC3)c1. The number of hydrogen-bond acceptors (Lipinski definition) is 2. The molecule has 3 heteroatoms. The van der Waals surface area contributed by atoms with Crippen LogP contribution in [0.25, 0.3) is 0 Å². The summed E-state index contributed by atoms with van der Waals surface area (Å²) in [4.78, 5) is 15.0. The molecule has 1 aromatic rings. The van der Waals surface area contributed by atoms with Gasteiger partial charge < -0.3 is 10.2 Å². The summed E-state index contributed by atoms with van der Waals surface area (Å²) in [6, 6.07) is 6.99. The monoisotopic (exact) mass is 258 g/mol. The number of benzene rings is 1. The summed E-state index contributed by atoms with van der Waals surface area (Å²) in [7, 11) is 0. The second-order valence-electron chi connectivity index (χ2n) is 5.97. The van der Waals surface area contributed by atoms with Crippen molar-refractivity contribution in [2.24, 2.45) is 0 Å². The van der Waals surface area contributed by atoms with Crippen LogP contribution < -0.4 is 5.32 Å². The van der Waals surface area contributed by atoms with E-state index in [-0.39, 0.29) is 5.91 Å². The van der Waals surface area contributed by atoms with Crippen LogP contribution in [0.5, 0.6) is 0 Å². The number of aryl methyl sites for hydroxylation is 2. The lowest BCUT2D eigenvalue weighted by atomic mass is 10.1. The van der Waals surface area contributed by atoms with Gasteiger partial charge in [0, 0.05) is 24.2 Å². The first-order valence-corrected chi connectivity index (χ1v) is 7.27. The Bertz CT molecular complexity index is 463. The van der Waals surface area contributed by atoms with Gasteiger partial charge in [-0.1, -0.05) is 17.2 Å². The van der Waals surface area contributed by atoms with E-state index in [0.29, 0.717) is 12.1 Å². The first-order chi connectivity index (χ1) is 9.15. The highest BCUT2D eigenvalue weighted by Gasteiger charge is 2.38. The minimum Gasteiger partial charge on any atom is -0.331 e. The highest BCUT2D eigenvalue weighted by atomic mass is 16.2. The van der Waals surface area contributed by atoms with Crippen molar-refractivity contribution in [3.63, 3.8) is 0 Å². The maximum Gasteiger partial charge on any atom is 0.254 e. The normalized spacial score (nSPS) is 26.3. The number of nitrogens with zero attached hydrogens (tertiary/aromatic N) is 1. The Kier molecular flexibility index (Phi) is 3.31. The van der Waals surface area contributed by atoms with Crippen LogP contribution in [0, 0.1) is 13.8 Å². The zero-order valence-electron chi connectivity index (χ0n) is 11.8. The molecule has 0 saturated carbocycles. The lowest BCUT2D eigenvalue weighted by molar-refractivity contribution is 0.0680. The molecule has 1 aromatic carbocycles. The third-order valence-corrected chi connectivity index (χ3v) is 4.36. The van der Waals surface area contributed by atoms with Crippen molar-refractivity contribution < 1.29 is 4.79 Å². The van der Waals surface area contributed by atoms with Gasteiger partial charge in [-0.05, 0) is 51.8 Å². The van der Waals surface area contributed by atoms with Gasteiger partial charge in [0.25, 0.3) is 5.91 Å². The summed E-state index contributed by atoms with van der Waals surface area (Å²) >= 11 is 0. The summed E-state index contributed by atoms with van der Waals surface area (Å²) in [6.45, 7) is 6.11. The number of nitrogens with one attached hydrogen (secondary N) is 1. The van der Waals surface area contributed by atoms with Gasteiger partial charge in [-0.15, -0.1) is 0 Å². The molecule has 0 spiro atoms. The van der Waals surface area contributed by atoms with Gasteiger partial charge in [0.15, 0.2) is 0 Å². The molecule has 0 radical (unpaired) electrons. The van der Waals surface area contributed by atoms with Crippen LogP contribution >= 0.6 is 0 Å².